The zero-order valence-electron chi connectivity index (χ0n) is 19.7. The molecule has 7 heteroatoms. The summed E-state index contributed by atoms with van der Waals surface area (Å²) in [5, 5.41) is 0. The average molecular weight is 464 g/mol. The highest BCUT2D eigenvalue weighted by atomic mass is 16.5. The maximum absolute atomic E-state index is 13.3. The van der Waals surface area contributed by atoms with Crippen LogP contribution in [0.5, 0.6) is 11.5 Å². The molecule has 0 aromatic heterocycles. The molecule has 34 heavy (non-hydrogen) atoms. The van der Waals surface area contributed by atoms with Crippen molar-refractivity contribution in [3.05, 3.63) is 76.5 Å². The number of carbonyl (C=O) groups excluding carboxylic acids is 2. The molecule has 178 valence electrons. The highest BCUT2D eigenvalue weighted by Crippen LogP contribution is 2.35. The van der Waals surface area contributed by atoms with Gasteiger partial charge in [-0.25, -0.2) is 4.79 Å². The van der Waals surface area contributed by atoms with Crippen molar-refractivity contribution in [3.8, 4) is 11.5 Å². The second kappa shape index (κ2) is 10.6. The van der Waals surface area contributed by atoms with Crippen molar-refractivity contribution in [2.75, 3.05) is 27.4 Å². The molecule has 4 rings (SSSR count). The SMILES string of the molecule is COC(=O)C1=C(C)N(C[C@H]2CCCO2)C(=O)/C1=C\c1ccc(OCc2ccccc2)c(OC)c1. The van der Waals surface area contributed by atoms with Crippen LogP contribution in [-0.4, -0.2) is 50.3 Å². The number of hydrogen-bond donors (Lipinski definition) is 0. The highest BCUT2D eigenvalue weighted by Gasteiger charge is 2.38. The summed E-state index contributed by atoms with van der Waals surface area (Å²) in [6.45, 7) is 3.28. The minimum absolute atomic E-state index is 0.0294. The van der Waals surface area contributed by atoms with Crippen molar-refractivity contribution in [2.24, 2.45) is 0 Å². The fourth-order valence-corrected chi connectivity index (χ4v) is 4.24. The van der Waals surface area contributed by atoms with Gasteiger partial charge in [0.2, 0.25) is 0 Å². The van der Waals surface area contributed by atoms with Crippen molar-refractivity contribution in [1.29, 1.82) is 0 Å². The molecule has 0 radical (unpaired) electrons. The maximum Gasteiger partial charge on any atom is 0.340 e. The van der Waals surface area contributed by atoms with E-state index in [1.807, 2.05) is 36.4 Å². The third kappa shape index (κ3) is 4.99. The molecule has 1 fully saturated rings. The van der Waals surface area contributed by atoms with Crippen LogP contribution < -0.4 is 9.47 Å². The number of ether oxygens (including phenoxy) is 4. The summed E-state index contributed by atoms with van der Waals surface area (Å²) in [6.07, 6.45) is 3.53. The molecular formula is C27H29NO6. The van der Waals surface area contributed by atoms with Crippen LogP contribution in [0.4, 0.5) is 0 Å². The number of allylic oxidation sites excluding steroid dienone is 1. The first-order valence-electron chi connectivity index (χ1n) is 11.3. The Labute approximate surface area is 199 Å². The number of hydrogen-bond acceptors (Lipinski definition) is 6. The Morgan fingerprint density at radius 3 is 2.62 bits per heavy atom. The van der Waals surface area contributed by atoms with Crippen LogP contribution in [0.1, 0.15) is 30.9 Å². The van der Waals surface area contributed by atoms with Crippen LogP contribution in [0, 0.1) is 0 Å². The molecule has 0 unspecified atom stereocenters. The molecule has 2 aliphatic rings. The molecule has 0 saturated carbocycles. The van der Waals surface area contributed by atoms with Gasteiger partial charge in [-0.3, -0.25) is 4.79 Å². The molecule has 2 aromatic carbocycles. The second-order valence-electron chi connectivity index (χ2n) is 8.25. The lowest BCUT2D eigenvalue weighted by Gasteiger charge is -2.21. The quantitative estimate of drug-likeness (QED) is 0.433. The van der Waals surface area contributed by atoms with E-state index in [1.165, 1.54) is 7.11 Å². The predicted octanol–water partition coefficient (Wildman–Crippen LogP) is 4.13. The molecule has 0 spiro atoms. The minimum Gasteiger partial charge on any atom is -0.493 e. The summed E-state index contributed by atoms with van der Waals surface area (Å²) in [7, 11) is 2.88. The van der Waals surface area contributed by atoms with Gasteiger partial charge in [-0.2, -0.15) is 0 Å². The molecule has 1 amide bonds. The molecular weight excluding hydrogens is 434 g/mol. The number of esters is 1. The number of amides is 1. The Bertz CT molecular complexity index is 1120. The molecule has 1 saturated heterocycles. The van der Waals surface area contributed by atoms with E-state index in [2.05, 4.69) is 0 Å². The van der Waals surface area contributed by atoms with Gasteiger partial charge in [0.1, 0.15) is 6.61 Å². The van der Waals surface area contributed by atoms with Crippen molar-refractivity contribution >= 4 is 18.0 Å². The summed E-state index contributed by atoms with van der Waals surface area (Å²) < 4.78 is 22.1. The standard InChI is InChI=1S/C27H29NO6/c1-18-25(27(30)32-3)22(26(29)28(18)16-21-10-7-13-33-21)14-20-11-12-23(24(15-20)31-2)34-17-19-8-5-4-6-9-19/h4-6,8-9,11-12,14-15,21H,7,10,13,16-17H2,1-3H3/b22-14-/t21-/m1/s1. The molecule has 2 aromatic rings. The first kappa shape index (κ1) is 23.6. The van der Waals surface area contributed by atoms with Gasteiger partial charge in [0.15, 0.2) is 11.5 Å². The molecule has 0 N–H and O–H groups in total. The maximum atomic E-state index is 13.3. The van der Waals surface area contributed by atoms with Crippen LogP contribution in [-0.2, 0) is 25.7 Å². The fraction of sp³-hybridized carbons (Fsp3) is 0.333. The van der Waals surface area contributed by atoms with Crippen molar-refractivity contribution < 1.29 is 28.5 Å². The number of nitrogens with zero attached hydrogens (tertiary/aromatic N) is 1. The number of methoxy groups -OCH3 is 2. The van der Waals surface area contributed by atoms with Gasteiger partial charge < -0.3 is 23.8 Å². The van der Waals surface area contributed by atoms with Crippen molar-refractivity contribution in [3.63, 3.8) is 0 Å². The van der Waals surface area contributed by atoms with E-state index in [4.69, 9.17) is 18.9 Å². The van der Waals surface area contributed by atoms with Gasteiger partial charge >= 0.3 is 5.97 Å². The van der Waals surface area contributed by atoms with Crippen LogP contribution in [0.3, 0.4) is 0 Å². The van der Waals surface area contributed by atoms with Crippen LogP contribution in [0.25, 0.3) is 6.08 Å². The van der Waals surface area contributed by atoms with E-state index < -0.39 is 5.97 Å². The molecule has 0 bridgehead atoms. The Morgan fingerprint density at radius 2 is 1.94 bits per heavy atom. The first-order chi connectivity index (χ1) is 16.5. The van der Waals surface area contributed by atoms with Gasteiger partial charge in [0, 0.05) is 12.3 Å². The van der Waals surface area contributed by atoms with Gasteiger partial charge in [0.05, 0.1) is 38.0 Å². The van der Waals surface area contributed by atoms with Gasteiger partial charge in [-0.15, -0.1) is 0 Å². The van der Waals surface area contributed by atoms with Crippen LogP contribution in [0.15, 0.2) is 65.4 Å². The lowest BCUT2D eigenvalue weighted by atomic mass is 10.0. The van der Waals surface area contributed by atoms with Crippen molar-refractivity contribution in [1.82, 2.24) is 4.90 Å². The molecule has 2 aliphatic heterocycles. The molecule has 2 heterocycles. The number of rotatable bonds is 8. The second-order valence-corrected chi connectivity index (χ2v) is 8.25. The molecule has 1 atom stereocenters. The first-order valence-corrected chi connectivity index (χ1v) is 11.3. The lowest BCUT2D eigenvalue weighted by Crippen LogP contribution is -2.33. The van der Waals surface area contributed by atoms with Crippen LogP contribution >= 0.6 is 0 Å². The summed E-state index contributed by atoms with van der Waals surface area (Å²) in [6, 6.07) is 15.3. The lowest BCUT2D eigenvalue weighted by molar-refractivity contribution is -0.136. The summed E-state index contributed by atoms with van der Waals surface area (Å²) in [5.41, 5.74) is 2.90. The normalized spacial score (nSPS) is 19.1. The Balaban J connectivity index is 1.60. The monoisotopic (exact) mass is 463 g/mol. The summed E-state index contributed by atoms with van der Waals surface area (Å²) in [5.74, 6) is 0.344. The number of carbonyl (C=O) groups is 2. The summed E-state index contributed by atoms with van der Waals surface area (Å²) in [4.78, 5) is 27.5. The third-order valence-electron chi connectivity index (χ3n) is 6.05. The molecule has 7 nitrogen and oxygen atoms in total. The smallest absolute Gasteiger partial charge is 0.340 e. The van der Waals surface area contributed by atoms with Gasteiger partial charge in [0.25, 0.3) is 5.91 Å². The Morgan fingerprint density at radius 1 is 1.15 bits per heavy atom. The highest BCUT2D eigenvalue weighted by molar-refractivity contribution is 6.16. The van der Waals surface area contributed by atoms with Crippen LogP contribution in [0.2, 0.25) is 0 Å². The van der Waals surface area contributed by atoms with Crippen molar-refractivity contribution in [2.45, 2.75) is 32.5 Å². The average Bonchev–Trinajstić information content (AvgIpc) is 3.46. The van der Waals surface area contributed by atoms with E-state index in [0.29, 0.717) is 48.1 Å². The largest absolute Gasteiger partial charge is 0.493 e. The zero-order chi connectivity index (χ0) is 24.1. The van der Waals surface area contributed by atoms with Gasteiger partial charge in [-0.05, 0) is 49.1 Å². The van der Waals surface area contributed by atoms with E-state index in [0.717, 1.165) is 18.4 Å². The Hall–Kier alpha value is -3.58. The minimum atomic E-state index is -0.540. The zero-order valence-corrected chi connectivity index (χ0v) is 19.7. The summed E-state index contributed by atoms with van der Waals surface area (Å²) >= 11 is 0. The predicted molar refractivity (Wildman–Crippen MR) is 127 cm³/mol. The fourth-order valence-electron chi connectivity index (χ4n) is 4.24. The van der Waals surface area contributed by atoms with Gasteiger partial charge in [-0.1, -0.05) is 36.4 Å². The van der Waals surface area contributed by atoms with E-state index in [9.17, 15) is 9.59 Å². The topological polar surface area (TPSA) is 74.3 Å². The van der Waals surface area contributed by atoms with E-state index in [-0.39, 0.29) is 17.6 Å². The molecule has 0 aliphatic carbocycles. The number of benzene rings is 2. The van der Waals surface area contributed by atoms with E-state index in [1.54, 1.807) is 37.1 Å². The third-order valence-corrected chi connectivity index (χ3v) is 6.05. The van der Waals surface area contributed by atoms with E-state index >= 15 is 0 Å². The Kier molecular flexibility index (Phi) is 7.33.